The number of hydrogen-bond acceptors (Lipinski definition) is 2. The Morgan fingerprint density at radius 2 is 1.90 bits per heavy atom. The van der Waals surface area contributed by atoms with Gasteiger partial charge in [0.15, 0.2) is 0 Å². The van der Waals surface area contributed by atoms with Gasteiger partial charge in [0.1, 0.15) is 0 Å². The standard InChI is InChI=1S/C17H23N3/c1-13-3-5-15(6-4-13)16-12-19-20(2)17(16)11-14-7-9-18-10-8-14/h3-6,12,14,18H,7-11H2,1-2H3. The lowest BCUT2D eigenvalue weighted by atomic mass is 9.91. The summed E-state index contributed by atoms with van der Waals surface area (Å²) in [6.07, 6.45) is 5.71. The van der Waals surface area contributed by atoms with Gasteiger partial charge in [-0.2, -0.15) is 5.10 Å². The smallest absolute Gasteiger partial charge is 0.0571 e. The van der Waals surface area contributed by atoms with Crippen LogP contribution in [0.15, 0.2) is 30.5 Å². The predicted molar refractivity (Wildman–Crippen MR) is 82.7 cm³/mol. The minimum atomic E-state index is 0.788. The molecule has 1 aromatic heterocycles. The van der Waals surface area contributed by atoms with Crippen molar-refractivity contribution in [1.29, 1.82) is 0 Å². The Morgan fingerprint density at radius 3 is 2.60 bits per heavy atom. The molecule has 20 heavy (non-hydrogen) atoms. The Balaban J connectivity index is 1.86. The number of rotatable bonds is 3. The van der Waals surface area contributed by atoms with Gasteiger partial charge in [-0.3, -0.25) is 4.68 Å². The highest BCUT2D eigenvalue weighted by atomic mass is 15.3. The van der Waals surface area contributed by atoms with Gasteiger partial charge in [-0.1, -0.05) is 29.8 Å². The highest BCUT2D eigenvalue weighted by molar-refractivity contribution is 5.65. The summed E-state index contributed by atoms with van der Waals surface area (Å²) in [4.78, 5) is 0. The van der Waals surface area contributed by atoms with E-state index >= 15 is 0 Å². The Bertz CT molecular complexity index is 562. The first-order chi connectivity index (χ1) is 9.74. The summed E-state index contributed by atoms with van der Waals surface area (Å²) in [6, 6.07) is 8.77. The lowest BCUT2D eigenvalue weighted by Crippen LogP contribution is -2.29. The molecule has 0 amide bonds. The van der Waals surface area contributed by atoms with E-state index in [1.54, 1.807) is 0 Å². The van der Waals surface area contributed by atoms with Crippen molar-refractivity contribution >= 4 is 0 Å². The van der Waals surface area contributed by atoms with Crippen LogP contribution in [-0.2, 0) is 13.5 Å². The molecule has 0 atom stereocenters. The van der Waals surface area contributed by atoms with Crippen LogP contribution in [0.25, 0.3) is 11.1 Å². The van der Waals surface area contributed by atoms with Gasteiger partial charge in [0, 0.05) is 18.3 Å². The third kappa shape index (κ3) is 2.78. The second-order valence-electron chi connectivity index (χ2n) is 5.89. The van der Waals surface area contributed by atoms with Gasteiger partial charge in [0.2, 0.25) is 0 Å². The van der Waals surface area contributed by atoms with E-state index in [0.717, 1.165) is 25.4 Å². The minimum absolute atomic E-state index is 0.788. The Hall–Kier alpha value is -1.61. The normalized spacial score (nSPS) is 16.5. The third-order valence-corrected chi connectivity index (χ3v) is 4.36. The van der Waals surface area contributed by atoms with Crippen LogP contribution in [-0.4, -0.2) is 22.9 Å². The van der Waals surface area contributed by atoms with Crippen LogP contribution in [0.5, 0.6) is 0 Å². The molecule has 1 aliphatic heterocycles. The van der Waals surface area contributed by atoms with E-state index in [2.05, 4.69) is 53.3 Å². The molecular weight excluding hydrogens is 246 g/mol. The number of aromatic nitrogens is 2. The van der Waals surface area contributed by atoms with E-state index in [1.807, 2.05) is 6.20 Å². The van der Waals surface area contributed by atoms with Crippen molar-refractivity contribution in [3.05, 3.63) is 41.7 Å². The van der Waals surface area contributed by atoms with Crippen molar-refractivity contribution in [3.8, 4) is 11.1 Å². The van der Waals surface area contributed by atoms with E-state index < -0.39 is 0 Å². The number of nitrogens with zero attached hydrogens (tertiary/aromatic N) is 2. The van der Waals surface area contributed by atoms with E-state index in [0.29, 0.717) is 0 Å². The zero-order chi connectivity index (χ0) is 13.9. The molecule has 1 fully saturated rings. The highest BCUT2D eigenvalue weighted by Crippen LogP contribution is 2.27. The molecule has 2 aromatic rings. The molecule has 106 valence electrons. The molecule has 0 saturated carbocycles. The fourth-order valence-corrected chi connectivity index (χ4v) is 3.04. The molecule has 0 aliphatic carbocycles. The van der Waals surface area contributed by atoms with Crippen molar-refractivity contribution in [2.45, 2.75) is 26.2 Å². The fourth-order valence-electron chi connectivity index (χ4n) is 3.04. The van der Waals surface area contributed by atoms with Crippen molar-refractivity contribution in [1.82, 2.24) is 15.1 Å². The average molecular weight is 269 g/mol. The maximum absolute atomic E-state index is 4.48. The molecule has 0 spiro atoms. The van der Waals surface area contributed by atoms with E-state index in [4.69, 9.17) is 0 Å². The van der Waals surface area contributed by atoms with Crippen LogP contribution in [0.3, 0.4) is 0 Å². The molecule has 1 N–H and O–H groups in total. The van der Waals surface area contributed by atoms with Gasteiger partial charge < -0.3 is 5.32 Å². The van der Waals surface area contributed by atoms with Crippen molar-refractivity contribution in [2.75, 3.05) is 13.1 Å². The molecule has 0 radical (unpaired) electrons. The minimum Gasteiger partial charge on any atom is -0.317 e. The Kier molecular flexibility index (Phi) is 3.88. The lowest BCUT2D eigenvalue weighted by molar-refractivity contribution is 0.366. The topological polar surface area (TPSA) is 29.9 Å². The largest absolute Gasteiger partial charge is 0.317 e. The molecule has 2 heterocycles. The summed E-state index contributed by atoms with van der Waals surface area (Å²) in [5.74, 6) is 0.788. The summed E-state index contributed by atoms with van der Waals surface area (Å²) in [5, 5.41) is 7.92. The van der Waals surface area contributed by atoms with Gasteiger partial charge >= 0.3 is 0 Å². The quantitative estimate of drug-likeness (QED) is 0.928. The number of hydrogen-bond donors (Lipinski definition) is 1. The van der Waals surface area contributed by atoms with Crippen LogP contribution in [0.2, 0.25) is 0 Å². The SMILES string of the molecule is Cc1ccc(-c2cnn(C)c2CC2CCNCC2)cc1. The molecule has 0 bridgehead atoms. The summed E-state index contributed by atoms with van der Waals surface area (Å²) < 4.78 is 2.05. The molecule has 1 aromatic carbocycles. The summed E-state index contributed by atoms with van der Waals surface area (Å²) in [5.41, 5.74) is 5.26. The first-order valence-electron chi connectivity index (χ1n) is 7.52. The van der Waals surface area contributed by atoms with Crippen LogP contribution in [0.4, 0.5) is 0 Å². The zero-order valence-corrected chi connectivity index (χ0v) is 12.4. The highest BCUT2D eigenvalue weighted by Gasteiger charge is 2.18. The molecule has 3 rings (SSSR count). The van der Waals surface area contributed by atoms with E-state index in [9.17, 15) is 0 Å². The van der Waals surface area contributed by atoms with Crippen molar-refractivity contribution in [2.24, 2.45) is 13.0 Å². The van der Waals surface area contributed by atoms with Crippen LogP contribution in [0, 0.1) is 12.8 Å². The summed E-state index contributed by atoms with van der Waals surface area (Å²) in [6.45, 7) is 4.44. The molecule has 3 heteroatoms. The number of aryl methyl sites for hydroxylation is 2. The van der Waals surface area contributed by atoms with Crippen LogP contribution in [0.1, 0.15) is 24.1 Å². The third-order valence-electron chi connectivity index (χ3n) is 4.36. The van der Waals surface area contributed by atoms with Gasteiger partial charge in [0.25, 0.3) is 0 Å². The lowest BCUT2D eigenvalue weighted by Gasteiger charge is -2.23. The monoisotopic (exact) mass is 269 g/mol. The van der Waals surface area contributed by atoms with Gasteiger partial charge in [-0.05, 0) is 50.8 Å². The second-order valence-corrected chi connectivity index (χ2v) is 5.89. The molecule has 1 saturated heterocycles. The van der Waals surface area contributed by atoms with E-state index in [1.165, 1.54) is 35.2 Å². The van der Waals surface area contributed by atoms with Gasteiger partial charge in [-0.25, -0.2) is 0 Å². The van der Waals surface area contributed by atoms with Crippen molar-refractivity contribution < 1.29 is 0 Å². The van der Waals surface area contributed by atoms with Crippen LogP contribution < -0.4 is 5.32 Å². The van der Waals surface area contributed by atoms with Gasteiger partial charge in [0.05, 0.1) is 6.20 Å². The number of piperidine rings is 1. The maximum Gasteiger partial charge on any atom is 0.0571 e. The first kappa shape index (κ1) is 13.4. The van der Waals surface area contributed by atoms with Gasteiger partial charge in [-0.15, -0.1) is 0 Å². The Labute approximate surface area is 121 Å². The number of nitrogens with one attached hydrogen (secondary N) is 1. The Morgan fingerprint density at radius 1 is 1.20 bits per heavy atom. The summed E-state index contributed by atoms with van der Waals surface area (Å²) in [7, 11) is 2.06. The van der Waals surface area contributed by atoms with Crippen molar-refractivity contribution in [3.63, 3.8) is 0 Å². The molecule has 1 aliphatic rings. The molecule has 3 nitrogen and oxygen atoms in total. The zero-order valence-electron chi connectivity index (χ0n) is 12.4. The van der Waals surface area contributed by atoms with Crippen LogP contribution >= 0.6 is 0 Å². The molecule has 0 unspecified atom stereocenters. The molecular formula is C17H23N3. The van der Waals surface area contributed by atoms with E-state index in [-0.39, 0.29) is 0 Å². The average Bonchev–Trinajstić information content (AvgIpc) is 2.83. The maximum atomic E-state index is 4.48. The first-order valence-corrected chi connectivity index (χ1v) is 7.52. The fraction of sp³-hybridized carbons (Fsp3) is 0.471. The predicted octanol–water partition coefficient (Wildman–Crippen LogP) is 2.94. The second kappa shape index (κ2) is 5.80. The number of benzene rings is 1. The summed E-state index contributed by atoms with van der Waals surface area (Å²) >= 11 is 0.